The number of aromatic nitrogens is 3. The number of pyridine rings is 1. The molecule has 0 aliphatic carbocycles. The molecular formula is C16H17N5. The molecule has 2 heterocycles. The normalized spacial score (nSPS) is 10.6. The van der Waals surface area contributed by atoms with Crippen molar-refractivity contribution in [3.8, 4) is 0 Å². The van der Waals surface area contributed by atoms with Crippen LogP contribution in [0.5, 0.6) is 0 Å². The zero-order valence-corrected chi connectivity index (χ0v) is 12.1. The van der Waals surface area contributed by atoms with Crippen LogP contribution in [0.25, 0.3) is 10.9 Å². The standard InChI is InChI=1S/C16H17N5/c1-3-17-16-19-10-11(2)15(21-16)20-13-8-4-6-12-7-5-9-18-14(12)13/h4-10H,3H2,1-2H3,(H2,17,19,20,21). The molecule has 0 radical (unpaired) electrons. The van der Waals surface area contributed by atoms with Gasteiger partial charge in [0.05, 0.1) is 11.2 Å². The van der Waals surface area contributed by atoms with Crippen LogP contribution in [-0.2, 0) is 0 Å². The molecular weight excluding hydrogens is 262 g/mol. The highest BCUT2D eigenvalue weighted by Gasteiger charge is 2.07. The van der Waals surface area contributed by atoms with E-state index in [1.54, 1.807) is 6.20 Å². The van der Waals surface area contributed by atoms with Gasteiger partial charge in [0.25, 0.3) is 0 Å². The molecule has 5 heteroatoms. The lowest BCUT2D eigenvalue weighted by Gasteiger charge is -2.11. The van der Waals surface area contributed by atoms with Gasteiger partial charge >= 0.3 is 0 Å². The van der Waals surface area contributed by atoms with Gasteiger partial charge < -0.3 is 10.6 Å². The van der Waals surface area contributed by atoms with Crippen molar-refractivity contribution in [2.45, 2.75) is 13.8 Å². The van der Waals surface area contributed by atoms with E-state index >= 15 is 0 Å². The topological polar surface area (TPSA) is 62.7 Å². The van der Waals surface area contributed by atoms with Gasteiger partial charge in [-0.1, -0.05) is 18.2 Å². The molecule has 0 spiro atoms. The third-order valence-corrected chi connectivity index (χ3v) is 3.19. The van der Waals surface area contributed by atoms with Crippen molar-refractivity contribution in [1.29, 1.82) is 0 Å². The van der Waals surface area contributed by atoms with Crippen molar-refractivity contribution in [3.63, 3.8) is 0 Å². The largest absolute Gasteiger partial charge is 0.354 e. The molecule has 3 aromatic rings. The highest BCUT2D eigenvalue weighted by Crippen LogP contribution is 2.25. The lowest BCUT2D eigenvalue weighted by Crippen LogP contribution is -2.05. The Morgan fingerprint density at radius 3 is 2.81 bits per heavy atom. The fraction of sp³-hybridized carbons (Fsp3) is 0.188. The second-order valence-electron chi connectivity index (χ2n) is 4.76. The van der Waals surface area contributed by atoms with Crippen LogP contribution in [-0.4, -0.2) is 21.5 Å². The van der Waals surface area contributed by atoms with Gasteiger partial charge in [-0.3, -0.25) is 4.98 Å². The third-order valence-electron chi connectivity index (χ3n) is 3.19. The Bertz CT molecular complexity index is 764. The summed E-state index contributed by atoms with van der Waals surface area (Å²) in [4.78, 5) is 13.2. The molecule has 0 saturated carbocycles. The van der Waals surface area contributed by atoms with Crippen molar-refractivity contribution in [3.05, 3.63) is 48.3 Å². The fourth-order valence-corrected chi connectivity index (χ4v) is 2.14. The summed E-state index contributed by atoms with van der Waals surface area (Å²) in [5.74, 6) is 1.41. The Balaban J connectivity index is 2.00. The number of benzene rings is 1. The van der Waals surface area contributed by atoms with Crippen molar-refractivity contribution in [2.75, 3.05) is 17.2 Å². The number of rotatable bonds is 4. The van der Waals surface area contributed by atoms with Crippen LogP contribution in [0.2, 0.25) is 0 Å². The van der Waals surface area contributed by atoms with E-state index in [4.69, 9.17) is 0 Å². The number of aryl methyl sites for hydroxylation is 1. The number of fused-ring (bicyclic) bond motifs is 1. The maximum atomic E-state index is 4.50. The number of para-hydroxylation sites is 1. The van der Waals surface area contributed by atoms with Crippen molar-refractivity contribution in [1.82, 2.24) is 15.0 Å². The smallest absolute Gasteiger partial charge is 0.224 e. The van der Waals surface area contributed by atoms with E-state index in [1.165, 1.54) is 0 Å². The molecule has 0 amide bonds. The van der Waals surface area contributed by atoms with E-state index in [9.17, 15) is 0 Å². The maximum absolute atomic E-state index is 4.50. The molecule has 0 atom stereocenters. The van der Waals surface area contributed by atoms with Gasteiger partial charge in [0.1, 0.15) is 5.82 Å². The Morgan fingerprint density at radius 2 is 1.95 bits per heavy atom. The SMILES string of the molecule is CCNc1ncc(C)c(Nc2cccc3cccnc23)n1. The first-order valence-corrected chi connectivity index (χ1v) is 6.96. The van der Waals surface area contributed by atoms with E-state index in [1.807, 2.05) is 50.4 Å². The zero-order valence-electron chi connectivity index (χ0n) is 12.1. The summed E-state index contributed by atoms with van der Waals surface area (Å²) >= 11 is 0. The number of hydrogen-bond acceptors (Lipinski definition) is 5. The summed E-state index contributed by atoms with van der Waals surface area (Å²) in [6.45, 7) is 4.79. The van der Waals surface area contributed by atoms with Gasteiger partial charge in [-0.05, 0) is 26.0 Å². The third kappa shape index (κ3) is 2.76. The van der Waals surface area contributed by atoms with Crippen LogP contribution in [0.3, 0.4) is 0 Å². The number of nitrogens with zero attached hydrogens (tertiary/aromatic N) is 3. The highest BCUT2D eigenvalue weighted by molar-refractivity contribution is 5.91. The average Bonchev–Trinajstić information content (AvgIpc) is 2.51. The molecule has 3 rings (SSSR count). The van der Waals surface area contributed by atoms with E-state index < -0.39 is 0 Å². The van der Waals surface area contributed by atoms with Crippen molar-refractivity contribution < 1.29 is 0 Å². The van der Waals surface area contributed by atoms with Gasteiger partial charge in [-0.25, -0.2) is 4.98 Å². The lowest BCUT2D eigenvalue weighted by molar-refractivity contribution is 1.07. The Morgan fingerprint density at radius 1 is 1.10 bits per heavy atom. The van der Waals surface area contributed by atoms with Gasteiger partial charge in [-0.2, -0.15) is 4.98 Å². The van der Waals surface area contributed by atoms with Crippen LogP contribution in [0.15, 0.2) is 42.7 Å². The number of anilines is 3. The minimum atomic E-state index is 0.624. The molecule has 106 valence electrons. The van der Waals surface area contributed by atoms with Crippen LogP contribution in [0, 0.1) is 6.92 Å². The summed E-state index contributed by atoms with van der Waals surface area (Å²) in [7, 11) is 0. The molecule has 21 heavy (non-hydrogen) atoms. The molecule has 0 saturated heterocycles. The van der Waals surface area contributed by atoms with Crippen LogP contribution >= 0.6 is 0 Å². The van der Waals surface area contributed by atoms with Gasteiger partial charge in [-0.15, -0.1) is 0 Å². The van der Waals surface area contributed by atoms with E-state index in [2.05, 4.69) is 25.6 Å². The summed E-state index contributed by atoms with van der Waals surface area (Å²) in [5.41, 5.74) is 2.87. The van der Waals surface area contributed by atoms with Crippen LogP contribution in [0.1, 0.15) is 12.5 Å². The van der Waals surface area contributed by atoms with E-state index in [-0.39, 0.29) is 0 Å². The minimum Gasteiger partial charge on any atom is -0.354 e. The van der Waals surface area contributed by atoms with Crippen molar-refractivity contribution >= 4 is 28.4 Å². The molecule has 0 aliphatic heterocycles. The van der Waals surface area contributed by atoms with Gasteiger partial charge in [0, 0.05) is 29.9 Å². The van der Waals surface area contributed by atoms with Crippen molar-refractivity contribution in [2.24, 2.45) is 0 Å². The Kier molecular flexibility index (Phi) is 3.64. The molecule has 0 unspecified atom stereocenters. The van der Waals surface area contributed by atoms with Crippen LogP contribution in [0.4, 0.5) is 17.5 Å². The molecule has 0 aliphatic rings. The molecule has 2 aromatic heterocycles. The summed E-state index contributed by atoms with van der Waals surface area (Å²) < 4.78 is 0. The highest BCUT2D eigenvalue weighted by atomic mass is 15.1. The molecule has 2 N–H and O–H groups in total. The first-order chi connectivity index (χ1) is 10.3. The van der Waals surface area contributed by atoms with Crippen LogP contribution < -0.4 is 10.6 Å². The number of nitrogens with one attached hydrogen (secondary N) is 2. The fourth-order valence-electron chi connectivity index (χ4n) is 2.14. The molecule has 0 fully saturated rings. The second kappa shape index (κ2) is 5.75. The first-order valence-electron chi connectivity index (χ1n) is 6.96. The van der Waals surface area contributed by atoms with E-state index in [0.29, 0.717) is 5.95 Å². The number of hydrogen-bond donors (Lipinski definition) is 2. The Hall–Kier alpha value is -2.69. The summed E-state index contributed by atoms with van der Waals surface area (Å²) in [5, 5.41) is 7.58. The maximum Gasteiger partial charge on any atom is 0.224 e. The first kappa shape index (κ1) is 13.3. The Labute approximate surface area is 123 Å². The summed E-state index contributed by atoms with van der Waals surface area (Å²) in [6.07, 6.45) is 3.61. The predicted molar refractivity (Wildman–Crippen MR) is 86.0 cm³/mol. The summed E-state index contributed by atoms with van der Waals surface area (Å²) in [6, 6.07) is 10.0. The molecule has 0 bridgehead atoms. The van der Waals surface area contributed by atoms with E-state index in [0.717, 1.165) is 34.5 Å². The molecule has 5 nitrogen and oxygen atoms in total. The quantitative estimate of drug-likeness (QED) is 0.765. The molecule has 1 aromatic carbocycles. The average molecular weight is 279 g/mol. The zero-order chi connectivity index (χ0) is 14.7. The van der Waals surface area contributed by atoms with Gasteiger partial charge in [0.15, 0.2) is 0 Å². The predicted octanol–water partition coefficient (Wildman–Crippen LogP) is 3.51. The second-order valence-corrected chi connectivity index (χ2v) is 4.76. The van der Waals surface area contributed by atoms with Gasteiger partial charge in [0.2, 0.25) is 5.95 Å². The minimum absolute atomic E-state index is 0.624. The monoisotopic (exact) mass is 279 g/mol. The lowest BCUT2D eigenvalue weighted by atomic mass is 10.2.